The Bertz CT molecular complexity index is 407. The first-order valence-electron chi connectivity index (χ1n) is 5.45. The van der Waals surface area contributed by atoms with E-state index < -0.39 is 0 Å². The Morgan fingerprint density at radius 2 is 2.18 bits per heavy atom. The average molecular weight is 257 g/mol. The first-order valence-corrected chi connectivity index (χ1v) is 5.83. The summed E-state index contributed by atoms with van der Waals surface area (Å²) in [6.07, 6.45) is 0. The van der Waals surface area contributed by atoms with Gasteiger partial charge in [-0.25, -0.2) is 0 Å². The number of amides is 1. The summed E-state index contributed by atoms with van der Waals surface area (Å²) >= 11 is 5.89. The van der Waals surface area contributed by atoms with E-state index in [4.69, 9.17) is 17.3 Å². The van der Waals surface area contributed by atoms with Crippen LogP contribution >= 0.6 is 11.6 Å². The summed E-state index contributed by atoms with van der Waals surface area (Å²) in [7, 11) is 0. The number of nitrogens with one attached hydrogen (secondary N) is 1. The molecule has 0 radical (unpaired) electrons. The minimum atomic E-state index is -0.324. The van der Waals surface area contributed by atoms with Crippen molar-refractivity contribution in [3.05, 3.63) is 28.8 Å². The summed E-state index contributed by atoms with van der Waals surface area (Å²) in [5.41, 5.74) is 5.83. The molecule has 17 heavy (non-hydrogen) atoms. The second-order valence-electron chi connectivity index (χ2n) is 4.22. The number of hydrogen-bond donors (Lipinski definition) is 3. The maximum absolute atomic E-state index is 11.9. The molecule has 1 aromatic carbocycles. The van der Waals surface area contributed by atoms with E-state index in [2.05, 4.69) is 5.32 Å². The fraction of sp³-hybridized carbons (Fsp3) is 0.417. The van der Waals surface area contributed by atoms with Crippen LogP contribution in [0.4, 0.5) is 0 Å². The van der Waals surface area contributed by atoms with Crippen molar-refractivity contribution in [2.75, 3.05) is 6.54 Å². The molecule has 0 saturated carbocycles. The van der Waals surface area contributed by atoms with E-state index in [1.165, 1.54) is 18.2 Å². The first-order chi connectivity index (χ1) is 7.95. The highest BCUT2D eigenvalue weighted by atomic mass is 35.5. The van der Waals surface area contributed by atoms with E-state index in [1.807, 2.05) is 13.8 Å². The molecule has 0 fully saturated rings. The standard InChI is InChI=1S/C12H17ClN2O2/c1-7(2)11(6-14)15-12(17)9-5-8(16)3-4-10(9)13/h3-5,7,11,16H,6,14H2,1-2H3,(H,15,17). The Morgan fingerprint density at radius 3 is 2.71 bits per heavy atom. The van der Waals surface area contributed by atoms with Gasteiger partial charge < -0.3 is 16.2 Å². The van der Waals surface area contributed by atoms with Gasteiger partial charge in [-0.3, -0.25) is 4.79 Å². The van der Waals surface area contributed by atoms with E-state index in [0.29, 0.717) is 11.6 Å². The van der Waals surface area contributed by atoms with Crippen LogP contribution < -0.4 is 11.1 Å². The maximum Gasteiger partial charge on any atom is 0.253 e. The monoisotopic (exact) mass is 256 g/mol. The van der Waals surface area contributed by atoms with Crippen molar-refractivity contribution >= 4 is 17.5 Å². The molecule has 1 unspecified atom stereocenters. The van der Waals surface area contributed by atoms with Crippen molar-refractivity contribution in [1.82, 2.24) is 5.32 Å². The molecule has 0 aliphatic heterocycles. The van der Waals surface area contributed by atoms with Crippen LogP contribution in [0.5, 0.6) is 5.75 Å². The largest absolute Gasteiger partial charge is 0.508 e. The summed E-state index contributed by atoms with van der Waals surface area (Å²) in [5.74, 6) is -0.0801. The molecule has 0 aliphatic rings. The zero-order chi connectivity index (χ0) is 13.0. The zero-order valence-corrected chi connectivity index (χ0v) is 10.7. The van der Waals surface area contributed by atoms with Crippen molar-refractivity contribution < 1.29 is 9.90 Å². The molecule has 0 bridgehead atoms. The SMILES string of the molecule is CC(C)C(CN)NC(=O)c1cc(O)ccc1Cl. The Labute approximate surface area is 106 Å². The molecule has 5 heteroatoms. The Balaban J connectivity index is 2.86. The Kier molecular flexibility index (Phi) is 4.78. The normalized spacial score (nSPS) is 12.5. The highest BCUT2D eigenvalue weighted by Crippen LogP contribution is 2.21. The van der Waals surface area contributed by atoms with Crippen LogP contribution in [0.2, 0.25) is 5.02 Å². The Morgan fingerprint density at radius 1 is 1.53 bits per heavy atom. The topological polar surface area (TPSA) is 75.3 Å². The third-order valence-corrected chi connectivity index (χ3v) is 2.90. The van der Waals surface area contributed by atoms with E-state index in [-0.39, 0.29) is 29.2 Å². The van der Waals surface area contributed by atoms with Crippen molar-refractivity contribution in [2.24, 2.45) is 11.7 Å². The van der Waals surface area contributed by atoms with Crippen LogP contribution in [-0.4, -0.2) is 23.6 Å². The number of hydrogen-bond acceptors (Lipinski definition) is 3. The molecule has 0 aliphatic carbocycles. The molecule has 4 N–H and O–H groups in total. The number of phenolic OH excluding ortho intramolecular Hbond substituents is 1. The average Bonchev–Trinajstić information content (AvgIpc) is 2.28. The molecule has 1 amide bonds. The lowest BCUT2D eigenvalue weighted by Crippen LogP contribution is -2.43. The summed E-state index contributed by atoms with van der Waals surface area (Å²) < 4.78 is 0. The second kappa shape index (κ2) is 5.89. The van der Waals surface area contributed by atoms with Crippen molar-refractivity contribution in [2.45, 2.75) is 19.9 Å². The van der Waals surface area contributed by atoms with Crippen LogP contribution in [-0.2, 0) is 0 Å². The molecule has 4 nitrogen and oxygen atoms in total. The van der Waals surface area contributed by atoms with Gasteiger partial charge in [-0.05, 0) is 24.1 Å². The van der Waals surface area contributed by atoms with Gasteiger partial charge in [0.15, 0.2) is 0 Å². The fourth-order valence-electron chi connectivity index (χ4n) is 1.43. The van der Waals surface area contributed by atoms with Gasteiger partial charge in [0, 0.05) is 12.6 Å². The summed E-state index contributed by atoms with van der Waals surface area (Å²) in [6, 6.07) is 4.15. The fourth-order valence-corrected chi connectivity index (χ4v) is 1.63. The van der Waals surface area contributed by atoms with E-state index in [9.17, 15) is 9.90 Å². The van der Waals surface area contributed by atoms with Gasteiger partial charge in [0.1, 0.15) is 5.75 Å². The lowest BCUT2D eigenvalue weighted by Gasteiger charge is -2.20. The highest BCUT2D eigenvalue weighted by molar-refractivity contribution is 6.33. The number of carbonyl (C=O) groups excluding carboxylic acids is 1. The molecule has 1 atom stereocenters. The minimum absolute atomic E-state index is 0.00777. The quantitative estimate of drug-likeness (QED) is 0.768. The van der Waals surface area contributed by atoms with Gasteiger partial charge in [0.2, 0.25) is 0 Å². The Hall–Kier alpha value is -1.26. The van der Waals surface area contributed by atoms with Crippen molar-refractivity contribution in [3.63, 3.8) is 0 Å². The van der Waals surface area contributed by atoms with Crippen LogP contribution in [0.3, 0.4) is 0 Å². The number of aromatic hydroxyl groups is 1. The number of benzene rings is 1. The number of rotatable bonds is 4. The van der Waals surface area contributed by atoms with E-state index in [0.717, 1.165) is 0 Å². The van der Waals surface area contributed by atoms with Crippen LogP contribution in [0.15, 0.2) is 18.2 Å². The van der Waals surface area contributed by atoms with Gasteiger partial charge >= 0.3 is 0 Å². The maximum atomic E-state index is 11.9. The smallest absolute Gasteiger partial charge is 0.253 e. The molecule has 1 rings (SSSR count). The lowest BCUT2D eigenvalue weighted by molar-refractivity contribution is 0.0927. The molecule has 1 aromatic rings. The van der Waals surface area contributed by atoms with E-state index >= 15 is 0 Å². The first kappa shape index (κ1) is 13.8. The van der Waals surface area contributed by atoms with E-state index in [1.54, 1.807) is 0 Å². The van der Waals surface area contributed by atoms with Gasteiger partial charge in [-0.15, -0.1) is 0 Å². The predicted molar refractivity (Wildman–Crippen MR) is 68.3 cm³/mol. The minimum Gasteiger partial charge on any atom is -0.508 e. The van der Waals surface area contributed by atoms with Gasteiger partial charge in [0.25, 0.3) is 5.91 Å². The lowest BCUT2D eigenvalue weighted by atomic mass is 10.0. The summed E-state index contributed by atoms with van der Waals surface area (Å²) in [6.45, 7) is 4.31. The third-order valence-electron chi connectivity index (χ3n) is 2.57. The van der Waals surface area contributed by atoms with Gasteiger partial charge in [-0.2, -0.15) is 0 Å². The summed E-state index contributed by atoms with van der Waals surface area (Å²) in [5, 5.41) is 12.4. The summed E-state index contributed by atoms with van der Waals surface area (Å²) in [4.78, 5) is 11.9. The molecule has 0 spiro atoms. The molecule has 94 valence electrons. The molecular formula is C12H17ClN2O2. The van der Waals surface area contributed by atoms with Crippen molar-refractivity contribution in [1.29, 1.82) is 0 Å². The predicted octanol–water partition coefficient (Wildman–Crippen LogP) is 1.76. The molecular weight excluding hydrogens is 240 g/mol. The van der Waals surface area contributed by atoms with Gasteiger partial charge in [0.05, 0.1) is 10.6 Å². The van der Waals surface area contributed by atoms with Crippen LogP contribution in [0, 0.1) is 5.92 Å². The third kappa shape index (κ3) is 3.61. The zero-order valence-electron chi connectivity index (χ0n) is 9.90. The molecule has 0 aromatic heterocycles. The second-order valence-corrected chi connectivity index (χ2v) is 4.63. The number of phenols is 1. The molecule has 0 saturated heterocycles. The highest BCUT2D eigenvalue weighted by Gasteiger charge is 2.17. The number of carbonyl (C=O) groups is 1. The molecule has 0 heterocycles. The van der Waals surface area contributed by atoms with Gasteiger partial charge in [-0.1, -0.05) is 25.4 Å². The van der Waals surface area contributed by atoms with Crippen molar-refractivity contribution in [3.8, 4) is 5.75 Å². The van der Waals surface area contributed by atoms with Crippen LogP contribution in [0.1, 0.15) is 24.2 Å². The number of halogens is 1. The number of nitrogens with two attached hydrogens (primary N) is 1. The van der Waals surface area contributed by atoms with Crippen LogP contribution in [0.25, 0.3) is 0 Å².